The van der Waals surface area contributed by atoms with Crippen molar-refractivity contribution in [2.75, 3.05) is 39.9 Å². The smallest absolute Gasteiger partial charge is 0.328 e. The van der Waals surface area contributed by atoms with Gasteiger partial charge in [0.05, 0.1) is 25.6 Å². The first-order chi connectivity index (χ1) is 16.5. The summed E-state index contributed by atoms with van der Waals surface area (Å²) in [5, 5.41) is 5.09. The van der Waals surface area contributed by atoms with Gasteiger partial charge in [0.1, 0.15) is 6.04 Å². The van der Waals surface area contributed by atoms with Gasteiger partial charge in [0.25, 0.3) is 5.91 Å². The van der Waals surface area contributed by atoms with Gasteiger partial charge in [0, 0.05) is 31.2 Å². The average Bonchev–Trinajstić information content (AvgIpc) is 3.31. The third kappa shape index (κ3) is 5.08. The Balaban J connectivity index is 1.49. The van der Waals surface area contributed by atoms with Gasteiger partial charge in [0.15, 0.2) is 11.4 Å². The Hall–Kier alpha value is -3.36. The van der Waals surface area contributed by atoms with Crippen molar-refractivity contribution in [3.8, 4) is 11.4 Å². The van der Waals surface area contributed by atoms with Crippen LogP contribution in [0.15, 0.2) is 60.8 Å². The zero-order valence-corrected chi connectivity index (χ0v) is 19.9. The summed E-state index contributed by atoms with van der Waals surface area (Å²) in [6.45, 7) is 4.01. The fraction of sp³-hybridized carbons (Fsp3) is 0.320. The second-order valence-electron chi connectivity index (χ2n) is 7.86. The Kier molecular flexibility index (Phi) is 7.49. The number of benzene rings is 2. The Bertz CT molecular complexity index is 1130. The minimum Gasteiger partial charge on any atom is -0.493 e. The van der Waals surface area contributed by atoms with Gasteiger partial charge in [-0.3, -0.25) is 9.69 Å². The molecule has 4 rings (SSSR count). The molecule has 0 spiro atoms. The molecule has 1 atom stereocenters. The number of amides is 1. The summed E-state index contributed by atoms with van der Waals surface area (Å²) < 4.78 is 12.4. The lowest BCUT2D eigenvalue weighted by Crippen LogP contribution is -2.51. The first-order valence-electron chi connectivity index (χ1n) is 11.2. The van der Waals surface area contributed by atoms with Crippen molar-refractivity contribution in [3.05, 3.63) is 77.1 Å². The maximum Gasteiger partial charge on any atom is 0.328 e. The third-order valence-electron chi connectivity index (χ3n) is 5.79. The van der Waals surface area contributed by atoms with E-state index in [1.54, 1.807) is 34.8 Å². The van der Waals surface area contributed by atoms with Crippen molar-refractivity contribution in [2.24, 2.45) is 0 Å². The fourth-order valence-electron chi connectivity index (χ4n) is 4.06. The van der Waals surface area contributed by atoms with Crippen LogP contribution in [0.5, 0.6) is 5.75 Å². The van der Waals surface area contributed by atoms with Crippen molar-refractivity contribution >= 4 is 23.5 Å². The van der Waals surface area contributed by atoms with Crippen LogP contribution in [-0.2, 0) is 9.53 Å². The molecule has 0 radical (unpaired) electrons. The Morgan fingerprint density at radius 1 is 1.03 bits per heavy atom. The minimum absolute atomic E-state index is 0.203. The summed E-state index contributed by atoms with van der Waals surface area (Å²) in [5.41, 5.74) is 1.91. The fourth-order valence-corrected chi connectivity index (χ4v) is 4.19. The highest BCUT2D eigenvalue weighted by atomic mass is 35.5. The number of hydrogen-bond acceptors (Lipinski definition) is 6. The molecule has 178 valence electrons. The predicted molar refractivity (Wildman–Crippen MR) is 128 cm³/mol. The Morgan fingerprint density at radius 2 is 1.71 bits per heavy atom. The lowest BCUT2D eigenvalue weighted by Gasteiger charge is -2.38. The van der Waals surface area contributed by atoms with Gasteiger partial charge in [-0.1, -0.05) is 41.9 Å². The Labute approximate surface area is 203 Å². The van der Waals surface area contributed by atoms with Crippen molar-refractivity contribution in [2.45, 2.75) is 13.0 Å². The summed E-state index contributed by atoms with van der Waals surface area (Å²) >= 11 is 6.03. The monoisotopic (exact) mass is 482 g/mol. The maximum atomic E-state index is 13.3. The van der Waals surface area contributed by atoms with E-state index in [4.69, 9.17) is 21.1 Å². The van der Waals surface area contributed by atoms with Crippen LogP contribution in [0.2, 0.25) is 5.02 Å². The molecule has 0 saturated carbocycles. The van der Waals surface area contributed by atoms with E-state index in [1.807, 2.05) is 47.4 Å². The largest absolute Gasteiger partial charge is 0.493 e. The van der Waals surface area contributed by atoms with Crippen LogP contribution in [0, 0.1) is 0 Å². The summed E-state index contributed by atoms with van der Waals surface area (Å²) in [6, 6.07) is 16.2. The standard InChI is InChI=1S/C25H27ClN4O4/c1-3-34-25(32)23(18-9-11-19(26)12-10-18)28-13-15-29(16-14-28)24(31)22-21(33-2)17-30(27-22)20-7-5-4-6-8-20/h4-12,17,23H,3,13-16H2,1-2H3/t23-/m0/s1. The maximum absolute atomic E-state index is 13.3. The molecule has 3 aromatic rings. The van der Waals surface area contributed by atoms with Gasteiger partial charge >= 0.3 is 5.97 Å². The quantitative estimate of drug-likeness (QED) is 0.479. The summed E-state index contributed by atoms with van der Waals surface area (Å²) in [5.74, 6) is -0.0971. The normalized spacial score (nSPS) is 15.1. The zero-order valence-electron chi connectivity index (χ0n) is 19.2. The number of halogens is 1. The van der Waals surface area contributed by atoms with Gasteiger partial charge in [-0.25, -0.2) is 9.48 Å². The second-order valence-corrected chi connectivity index (χ2v) is 8.30. The molecule has 1 amide bonds. The van der Waals surface area contributed by atoms with Crippen LogP contribution in [0.3, 0.4) is 0 Å². The number of para-hydroxylation sites is 1. The van der Waals surface area contributed by atoms with E-state index in [2.05, 4.69) is 5.10 Å². The molecule has 0 aliphatic carbocycles. The SMILES string of the molecule is CCOC(=O)[C@H](c1ccc(Cl)cc1)N1CCN(C(=O)c2nn(-c3ccccc3)cc2OC)CC1. The number of hydrogen-bond donors (Lipinski definition) is 0. The molecule has 2 aromatic carbocycles. The van der Waals surface area contributed by atoms with E-state index >= 15 is 0 Å². The minimum atomic E-state index is -0.554. The number of rotatable bonds is 7. The van der Waals surface area contributed by atoms with E-state index in [-0.39, 0.29) is 17.6 Å². The molecular formula is C25H27ClN4O4. The van der Waals surface area contributed by atoms with Crippen LogP contribution >= 0.6 is 11.6 Å². The summed E-state index contributed by atoms with van der Waals surface area (Å²) in [6.07, 6.45) is 1.70. The molecule has 34 heavy (non-hydrogen) atoms. The number of piperazine rings is 1. The number of carbonyl (C=O) groups is 2. The van der Waals surface area contributed by atoms with Gasteiger partial charge < -0.3 is 14.4 Å². The summed E-state index contributed by atoms with van der Waals surface area (Å²) in [4.78, 5) is 29.8. The highest BCUT2D eigenvalue weighted by molar-refractivity contribution is 6.30. The first kappa shape index (κ1) is 23.8. The van der Waals surface area contributed by atoms with E-state index in [1.165, 1.54) is 7.11 Å². The number of esters is 1. The highest BCUT2D eigenvalue weighted by Crippen LogP contribution is 2.27. The molecule has 2 heterocycles. The van der Waals surface area contributed by atoms with Crippen molar-refractivity contribution in [3.63, 3.8) is 0 Å². The lowest BCUT2D eigenvalue weighted by molar-refractivity contribution is -0.150. The van der Waals surface area contributed by atoms with E-state index in [0.29, 0.717) is 43.6 Å². The molecule has 0 N–H and O–H groups in total. The van der Waals surface area contributed by atoms with E-state index in [9.17, 15) is 9.59 Å². The molecule has 8 nitrogen and oxygen atoms in total. The Morgan fingerprint density at radius 3 is 2.32 bits per heavy atom. The molecule has 0 unspecified atom stereocenters. The molecule has 9 heteroatoms. The predicted octanol–water partition coefficient (Wildman–Crippen LogP) is 3.60. The number of methoxy groups -OCH3 is 1. The molecule has 1 fully saturated rings. The second kappa shape index (κ2) is 10.7. The first-order valence-corrected chi connectivity index (χ1v) is 11.5. The van der Waals surface area contributed by atoms with Crippen LogP contribution in [0.25, 0.3) is 5.69 Å². The summed E-state index contributed by atoms with van der Waals surface area (Å²) in [7, 11) is 1.52. The zero-order chi connectivity index (χ0) is 24.1. The average molecular weight is 483 g/mol. The molecular weight excluding hydrogens is 456 g/mol. The van der Waals surface area contributed by atoms with E-state index < -0.39 is 6.04 Å². The van der Waals surface area contributed by atoms with Crippen molar-refractivity contribution in [1.82, 2.24) is 19.6 Å². The van der Waals surface area contributed by atoms with Crippen molar-refractivity contribution in [1.29, 1.82) is 0 Å². The van der Waals surface area contributed by atoms with E-state index in [0.717, 1.165) is 11.3 Å². The van der Waals surface area contributed by atoms with Crippen LogP contribution in [-0.4, -0.2) is 71.4 Å². The third-order valence-corrected chi connectivity index (χ3v) is 6.04. The topological polar surface area (TPSA) is 76.9 Å². The molecule has 1 saturated heterocycles. The molecule has 1 aliphatic rings. The number of aromatic nitrogens is 2. The lowest BCUT2D eigenvalue weighted by atomic mass is 10.0. The van der Waals surface area contributed by atoms with Crippen LogP contribution in [0.1, 0.15) is 29.0 Å². The molecule has 1 aromatic heterocycles. The van der Waals surface area contributed by atoms with Gasteiger partial charge in [-0.15, -0.1) is 0 Å². The number of carbonyl (C=O) groups excluding carboxylic acids is 2. The molecule has 0 bridgehead atoms. The van der Waals surface area contributed by atoms with Crippen LogP contribution in [0.4, 0.5) is 0 Å². The van der Waals surface area contributed by atoms with Crippen LogP contribution < -0.4 is 4.74 Å². The number of ether oxygens (including phenoxy) is 2. The number of nitrogens with zero attached hydrogens (tertiary/aromatic N) is 4. The van der Waals surface area contributed by atoms with Gasteiger partial charge in [-0.05, 0) is 36.8 Å². The van der Waals surface area contributed by atoms with Gasteiger partial charge in [0.2, 0.25) is 0 Å². The molecule has 1 aliphatic heterocycles. The van der Waals surface area contributed by atoms with Gasteiger partial charge in [-0.2, -0.15) is 5.10 Å². The highest BCUT2D eigenvalue weighted by Gasteiger charge is 2.34. The van der Waals surface area contributed by atoms with Crippen molar-refractivity contribution < 1.29 is 19.1 Å².